The predicted molar refractivity (Wildman–Crippen MR) is 98.6 cm³/mol. The fourth-order valence-electron chi connectivity index (χ4n) is 3.51. The van der Waals surface area contributed by atoms with E-state index in [1.54, 1.807) is 0 Å². The van der Waals surface area contributed by atoms with Crippen LogP contribution in [0.4, 0.5) is 0 Å². The van der Waals surface area contributed by atoms with E-state index in [0.29, 0.717) is 0 Å². The number of rotatable bonds is 3. The van der Waals surface area contributed by atoms with Crippen molar-refractivity contribution >= 4 is 37.9 Å². The molecule has 106 valence electrons. The Morgan fingerprint density at radius 3 is 2.18 bits per heavy atom. The molecule has 0 saturated heterocycles. The van der Waals surface area contributed by atoms with Crippen molar-refractivity contribution in [1.29, 1.82) is 0 Å². The van der Waals surface area contributed by atoms with Crippen LogP contribution < -0.4 is 0 Å². The van der Waals surface area contributed by atoms with E-state index in [9.17, 15) is 0 Å². The minimum absolute atomic E-state index is 1.02. The Morgan fingerprint density at radius 2 is 1.50 bits per heavy atom. The van der Waals surface area contributed by atoms with Gasteiger partial charge in [-0.05, 0) is 49.9 Å². The lowest BCUT2D eigenvalue weighted by Gasteiger charge is -2.14. The highest BCUT2D eigenvalue weighted by Crippen LogP contribution is 2.37. The first-order chi connectivity index (χ1) is 10.8. The van der Waals surface area contributed by atoms with Crippen LogP contribution >= 0.6 is 0 Å². The van der Waals surface area contributed by atoms with Gasteiger partial charge in [0.25, 0.3) is 0 Å². The number of hydrogen-bond acceptors (Lipinski definition) is 0. The van der Waals surface area contributed by atoms with E-state index in [4.69, 9.17) is 0 Å². The van der Waals surface area contributed by atoms with Crippen molar-refractivity contribution in [2.24, 2.45) is 0 Å². The third kappa shape index (κ3) is 1.77. The van der Waals surface area contributed by atoms with Crippen molar-refractivity contribution < 1.29 is 0 Å². The molecule has 0 radical (unpaired) electrons. The van der Waals surface area contributed by atoms with Gasteiger partial charge in [-0.1, -0.05) is 80.3 Å². The highest BCUT2D eigenvalue weighted by atomic mass is 14.1. The Kier molecular flexibility index (Phi) is 2.97. The third-order valence-corrected chi connectivity index (χ3v) is 4.48. The Bertz CT molecular complexity index is 1000. The summed E-state index contributed by atoms with van der Waals surface area (Å²) in [6.45, 7) is 6.16. The molecule has 0 amide bonds. The molecular weight excluding hydrogens is 264 g/mol. The second kappa shape index (κ2) is 4.99. The number of allylic oxidation sites excluding steroid dienone is 3. The van der Waals surface area contributed by atoms with Gasteiger partial charge in [0.15, 0.2) is 0 Å². The van der Waals surface area contributed by atoms with Gasteiger partial charge in [-0.15, -0.1) is 0 Å². The molecule has 0 nitrogen and oxygen atoms in total. The minimum Gasteiger partial charge on any atom is -0.0985 e. The summed E-state index contributed by atoms with van der Waals surface area (Å²) >= 11 is 0. The van der Waals surface area contributed by atoms with Crippen LogP contribution in [-0.2, 0) is 0 Å². The molecule has 0 aliphatic rings. The maximum atomic E-state index is 4.00. The zero-order chi connectivity index (χ0) is 15.1. The molecule has 4 rings (SSSR count). The van der Waals surface area contributed by atoms with Crippen LogP contribution in [0, 0.1) is 0 Å². The minimum atomic E-state index is 1.02. The van der Waals surface area contributed by atoms with Gasteiger partial charge in [-0.2, -0.15) is 0 Å². The SMILES string of the molecule is C=C/C(=C\CC)c1ccc2ccc3cccc4ccc1c2c34. The summed E-state index contributed by atoms with van der Waals surface area (Å²) in [6, 6.07) is 19.9. The fraction of sp³-hybridized carbons (Fsp3) is 0.0909. The van der Waals surface area contributed by atoms with Gasteiger partial charge >= 0.3 is 0 Å². The summed E-state index contributed by atoms with van der Waals surface area (Å²) in [5.41, 5.74) is 2.50. The smallest absolute Gasteiger partial charge is 0.00206 e. The first-order valence-electron chi connectivity index (χ1n) is 7.83. The molecule has 0 N–H and O–H groups in total. The lowest BCUT2D eigenvalue weighted by atomic mass is 9.89. The Hall–Kier alpha value is -2.60. The quantitative estimate of drug-likeness (QED) is 0.295. The van der Waals surface area contributed by atoms with Crippen molar-refractivity contribution in [3.8, 4) is 0 Å². The second-order valence-corrected chi connectivity index (χ2v) is 5.74. The molecule has 0 spiro atoms. The molecule has 0 unspecified atom stereocenters. The summed E-state index contributed by atoms with van der Waals surface area (Å²) in [6.07, 6.45) is 5.23. The highest BCUT2D eigenvalue weighted by molar-refractivity contribution is 6.24. The van der Waals surface area contributed by atoms with E-state index in [0.717, 1.165) is 6.42 Å². The monoisotopic (exact) mass is 282 g/mol. The van der Waals surface area contributed by atoms with E-state index in [1.165, 1.54) is 43.5 Å². The average Bonchev–Trinajstić information content (AvgIpc) is 2.58. The molecule has 22 heavy (non-hydrogen) atoms. The van der Waals surface area contributed by atoms with Crippen molar-refractivity contribution in [2.45, 2.75) is 13.3 Å². The topological polar surface area (TPSA) is 0 Å². The van der Waals surface area contributed by atoms with Crippen LogP contribution in [0.5, 0.6) is 0 Å². The molecule has 0 aromatic heterocycles. The third-order valence-electron chi connectivity index (χ3n) is 4.48. The van der Waals surface area contributed by atoms with Gasteiger partial charge in [0.05, 0.1) is 0 Å². The summed E-state index contributed by atoms with van der Waals surface area (Å²) in [7, 11) is 0. The van der Waals surface area contributed by atoms with Crippen molar-refractivity contribution in [1.82, 2.24) is 0 Å². The van der Waals surface area contributed by atoms with Crippen LogP contribution in [0.25, 0.3) is 37.9 Å². The van der Waals surface area contributed by atoms with E-state index in [1.807, 2.05) is 6.08 Å². The van der Waals surface area contributed by atoms with Gasteiger partial charge in [0, 0.05) is 0 Å². The van der Waals surface area contributed by atoms with Crippen LogP contribution in [0.3, 0.4) is 0 Å². The molecule has 0 atom stereocenters. The molecule has 0 heteroatoms. The first-order valence-corrected chi connectivity index (χ1v) is 7.83. The highest BCUT2D eigenvalue weighted by Gasteiger charge is 2.11. The van der Waals surface area contributed by atoms with Gasteiger partial charge in [0.1, 0.15) is 0 Å². The number of benzene rings is 4. The van der Waals surface area contributed by atoms with Crippen LogP contribution in [0.2, 0.25) is 0 Å². The molecule has 0 aliphatic carbocycles. The Morgan fingerprint density at radius 1 is 0.864 bits per heavy atom. The summed E-state index contributed by atoms with van der Waals surface area (Å²) in [4.78, 5) is 0. The molecule has 4 aromatic carbocycles. The standard InChI is InChI=1S/C22H18/c1-3-6-15(4-2)19-13-11-18-10-9-16-7-5-8-17-12-14-20(19)22(18)21(16)17/h4-14H,2-3H2,1H3/b15-6+. The lowest BCUT2D eigenvalue weighted by molar-refractivity contribution is 1.23. The summed E-state index contributed by atoms with van der Waals surface area (Å²) < 4.78 is 0. The van der Waals surface area contributed by atoms with Gasteiger partial charge in [0.2, 0.25) is 0 Å². The molecule has 0 aliphatic heterocycles. The van der Waals surface area contributed by atoms with E-state index in [2.05, 4.69) is 74.2 Å². The molecule has 0 heterocycles. The van der Waals surface area contributed by atoms with Gasteiger partial charge in [-0.3, -0.25) is 0 Å². The van der Waals surface area contributed by atoms with Crippen LogP contribution in [0.15, 0.2) is 73.3 Å². The summed E-state index contributed by atoms with van der Waals surface area (Å²) in [5, 5.41) is 8.00. The Labute approximate surface area is 130 Å². The maximum absolute atomic E-state index is 4.00. The number of hydrogen-bond donors (Lipinski definition) is 0. The molecule has 0 saturated carbocycles. The summed E-state index contributed by atoms with van der Waals surface area (Å²) in [5.74, 6) is 0. The van der Waals surface area contributed by atoms with Crippen LogP contribution in [-0.4, -0.2) is 0 Å². The zero-order valence-corrected chi connectivity index (χ0v) is 12.8. The zero-order valence-electron chi connectivity index (χ0n) is 12.8. The van der Waals surface area contributed by atoms with Crippen molar-refractivity contribution in [3.63, 3.8) is 0 Å². The maximum Gasteiger partial charge on any atom is -0.00206 e. The lowest BCUT2D eigenvalue weighted by Crippen LogP contribution is -1.89. The molecule has 4 aromatic rings. The Balaban J connectivity index is 2.22. The normalized spacial score (nSPS) is 12.5. The molecule has 0 fully saturated rings. The van der Waals surface area contributed by atoms with Gasteiger partial charge in [-0.25, -0.2) is 0 Å². The van der Waals surface area contributed by atoms with Crippen molar-refractivity contribution in [3.05, 3.63) is 78.9 Å². The van der Waals surface area contributed by atoms with E-state index in [-0.39, 0.29) is 0 Å². The van der Waals surface area contributed by atoms with Gasteiger partial charge < -0.3 is 0 Å². The predicted octanol–water partition coefficient (Wildman–Crippen LogP) is 6.56. The second-order valence-electron chi connectivity index (χ2n) is 5.74. The molecular formula is C22H18. The van der Waals surface area contributed by atoms with E-state index >= 15 is 0 Å². The molecule has 0 bridgehead atoms. The van der Waals surface area contributed by atoms with Crippen molar-refractivity contribution in [2.75, 3.05) is 0 Å². The van der Waals surface area contributed by atoms with E-state index < -0.39 is 0 Å². The first kappa shape index (κ1) is 13.1. The fourth-order valence-corrected chi connectivity index (χ4v) is 3.51. The van der Waals surface area contributed by atoms with Crippen LogP contribution in [0.1, 0.15) is 18.9 Å². The average molecular weight is 282 g/mol. The largest absolute Gasteiger partial charge is 0.0985 e.